The predicted octanol–water partition coefficient (Wildman–Crippen LogP) is 3.62. The van der Waals surface area contributed by atoms with Crippen LogP contribution in [0.2, 0.25) is 0 Å². The van der Waals surface area contributed by atoms with Gasteiger partial charge in [-0.1, -0.05) is 44.7 Å². The smallest absolute Gasteiger partial charge is 0.262 e. The minimum Gasteiger partial charge on any atom is -0.490 e. The van der Waals surface area contributed by atoms with E-state index in [1.54, 1.807) is 12.1 Å². The lowest BCUT2D eigenvalue weighted by atomic mass is 10.0. The highest BCUT2D eigenvalue weighted by Crippen LogP contribution is 2.16. The summed E-state index contributed by atoms with van der Waals surface area (Å²) in [4.78, 5) is 24.9. The number of rotatable bonds is 12. The molecule has 2 N–H and O–H groups in total. The van der Waals surface area contributed by atoms with Crippen LogP contribution in [0.3, 0.4) is 0 Å². The molecule has 0 aliphatic rings. The molecule has 0 saturated carbocycles. The van der Waals surface area contributed by atoms with Crippen LogP contribution in [-0.2, 0) is 9.59 Å². The number of carbonyl (C=O) groups excluding carboxylic acids is 2. The Balaban J connectivity index is 1.89. The molecule has 0 bridgehead atoms. The van der Waals surface area contributed by atoms with E-state index in [-0.39, 0.29) is 24.3 Å². The van der Waals surface area contributed by atoms with Gasteiger partial charge in [0.2, 0.25) is 0 Å². The molecule has 0 fully saturated rings. The van der Waals surface area contributed by atoms with Crippen molar-refractivity contribution < 1.29 is 19.1 Å². The van der Waals surface area contributed by atoms with Crippen molar-refractivity contribution in [3.8, 4) is 11.5 Å². The van der Waals surface area contributed by atoms with Gasteiger partial charge in [0, 0.05) is 0 Å². The molecule has 2 amide bonds. The molecule has 0 saturated heterocycles. The Hall–Kier alpha value is -3.61. The monoisotopic (exact) mass is 437 g/mol. The summed E-state index contributed by atoms with van der Waals surface area (Å²) in [5.41, 5.74) is 4.24. The van der Waals surface area contributed by atoms with Crippen molar-refractivity contribution in [2.75, 3.05) is 13.2 Å². The fourth-order valence-electron chi connectivity index (χ4n) is 2.85. The third kappa shape index (κ3) is 8.63. The number of benzene rings is 2. The molecule has 7 heteroatoms. The molecular weight excluding hydrogens is 406 g/mol. The molecule has 32 heavy (non-hydrogen) atoms. The SMILES string of the molecule is C=CCOc1ccc(/C=N\NC(=O)[C@H](CC(C)C)NC(=O)COc2ccccc2C)cc1. The van der Waals surface area contributed by atoms with E-state index in [4.69, 9.17) is 9.47 Å². The van der Waals surface area contributed by atoms with Crippen molar-refractivity contribution in [1.29, 1.82) is 0 Å². The van der Waals surface area contributed by atoms with Crippen LogP contribution in [0.5, 0.6) is 11.5 Å². The van der Waals surface area contributed by atoms with Crippen molar-refractivity contribution in [2.45, 2.75) is 33.2 Å². The molecule has 0 aliphatic heterocycles. The van der Waals surface area contributed by atoms with Gasteiger partial charge < -0.3 is 14.8 Å². The van der Waals surface area contributed by atoms with Crippen LogP contribution in [0.1, 0.15) is 31.4 Å². The molecule has 2 aromatic carbocycles. The van der Waals surface area contributed by atoms with Gasteiger partial charge in [0.1, 0.15) is 24.1 Å². The Morgan fingerprint density at radius 1 is 1.09 bits per heavy atom. The largest absolute Gasteiger partial charge is 0.490 e. The number of nitrogens with zero attached hydrogens (tertiary/aromatic N) is 1. The summed E-state index contributed by atoms with van der Waals surface area (Å²) in [7, 11) is 0. The molecule has 0 spiro atoms. The second-order valence-corrected chi connectivity index (χ2v) is 7.71. The highest BCUT2D eigenvalue weighted by molar-refractivity contribution is 5.89. The van der Waals surface area contributed by atoms with Crippen LogP contribution in [0, 0.1) is 12.8 Å². The Kier molecular flexibility index (Phi) is 9.97. The highest BCUT2D eigenvalue weighted by atomic mass is 16.5. The van der Waals surface area contributed by atoms with Crippen molar-refractivity contribution in [2.24, 2.45) is 11.0 Å². The minimum absolute atomic E-state index is 0.170. The zero-order valence-corrected chi connectivity index (χ0v) is 18.8. The van der Waals surface area contributed by atoms with Crippen molar-refractivity contribution in [3.63, 3.8) is 0 Å². The first-order chi connectivity index (χ1) is 15.4. The third-order valence-corrected chi connectivity index (χ3v) is 4.45. The molecule has 0 heterocycles. The Bertz CT molecular complexity index is 923. The van der Waals surface area contributed by atoms with Crippen LogP contribution < -0.4 is 20.2 Å². The summed E-state index contributed by atoms with van der Waals surface area (Å²) in [6, 6.07) is 14.0. The number of ether oxygens (including phenoxy) is 2. The van der Waals surface area contributed by atoms with Crippen LogP contribution >= 0.6 is 0 Å². The topological polar surface area (TPSA) is 89.0 Å². The Morgan fingerprint density at radius 2 is 1.81 bits per heavy atom. The number of carbonyl (C=O) groups is 2. The maximum atomic E-state index is 12.6. The van der Waals surface area contributed by atoms with Crippen molar-refractivity contribution in [1.82, 2.24) is 10.7 Å². The normalized spacial score (nSPS) is 11.8. The molecular formula is C25H31N3O4. The van der Waals surface area contributed by atoms with Gasteiger partial charge in [-0.3, -0.25) is 9.59 Å². The van der Waals surface area contributed by atoms with Crippen LogP contribution in [0.15, 0.2) is 66.3 Å². The number of amides is 2. The molecule has 170 valence electrons. The van der Waals surface area contributed by atoms with Gasteiger partial charge in [-0.2, -0.15) is 5.10 Å². The lowest BCUT2D eigenvalue weighted by molar-refractivity contribution is -0.130. The van der Waals surface area contributed by atoms with Gasteiger partial charge in [0.05, 0.1) is 6.21 Å². The van der Waals surface area contributed by atoms with Gasteiger partial charge in [-0.05, 0) is 60.7 Å². The maximum absolute atomic E-state index is 12.6. The predicted molar refractivity (Wildman–Crippen MR) is 126 cm³/mol. The molecule has 0 radical (unpaired) electrons. The van der Waals surface area contributed by atoms with E-state index in [1.165, 1.54) is 6.21 Å². The molecule has 0 aromatic heterocycles. The first-order valence-corrected chi connectivity index (χ1v) is 10.5. The molecule has 0 aliphatic carbocycles. The Labute approximate surface area is 189 Å². The number of hydrogen-bond acceptors (Lipinski definition) is 5. The summed E-state index contributed by atoms with van der Waals surface area (Å²) in [6.45, 7) is 9.74. The lowest BCUT2D eigenvalue weighted by Crippen LogP contribution is -2.47. The summed E-state index contributed by atoms with van der Waals surface area (Å²) in [6.07, 6.45) is 3.68. The van der Waals surface area contributed by atoms with Gasteiger partial charge in [-0.15, -0.1) is 0 Å². The molecule has 1 atom stereocenters. The summed E-state index contributed by atoms with van der Waals surface area (Å²) in [5.74, 6) is 0.811. The van der Waals surface area contributed by atoms with Crippen molar-refractivity contribution in [3.05, 3.63) is 72.3 Å². The highest BCUT2D eigenvalue weighted by Gasteiger charge is 2.22. The van der Waals surface area contributed by atoms with Gasteiger partial charge >= 0.3 is 0 Å². The molecule has 2 rings (SSSR count). The molecule has 2 aromatic rings. The second-order valence-electron chi connectivity index (χ2n) is 7.71. The molecule has 0 unspecified atom stereocenters. The van der Waals surface area contributed by atoms with E-state index < -0.39 is 6.04 Å². The van der Waals surface area contributed by atoms with E-state index in [2.05, 4.69) is 22.4 Å². The minimum atomic E-state index is -0.713. The number of aryl methyl sites for hydroxylation is 1. The summed E-state index contributed by atoms with van der Waals surface area (Å²) >= 11 is 0. The first kappa shape index (κ1) is 24.7. The zero-order valence-electron chi connectivity index (χ0n) is 18.8. The zero-order chi connectivity index (χ0) is 23.3. The number of hydrogen-bond donors (Lipinski definition) is 2. The van der Waals surface area contributed by atoms with Gasteiger partial charge in [0.25, 0.3) is 11.8 Å². The van der Waals surface area contributed by atoms with E-state index in [0.717, 1.165) is 16.9 Å². The van der Waals surface area contributed by atoms with Crippen LogP contribution in [-0.4, -0.2) is 37.3 Å². The number of para-hydroxylation sites is 1. The summed E-state index contributed by atoms with van der Waals surface area (Å²) in [5, 5.41) is 6.75. The van der Waals surface area contributed by atoms with E-state index in [0.29, 0.717) is 18.8 Å². The third-order valence-electron chi connectivity index (χ3n) is 4.45. The number of hydrazone groups is 1. The Morgan fingerprint density at radius 3 is 2.47 bits per heavy atom. The lowest BCUT2D eigenvalue weighted by Gasteiger charge is -2.19. The van der Waals surface area contributed by atoms with E-state index >= 15 is 0 Å². The van der Waals surface area contributed by atoms with E-state index in [1.807, 2.05) is 63.2 Å². The quantitative estimate of drug-likeness (QED) is 0.302. The maximum Gasteiger partial charge on any atom is 0.262 e. The van der Waals surface area contributed by atoms with E-state index in [9.17, 15) is 9.59 Å². The van der Waals surface area contributed by atoms with Crippen molar-refractivity contribution >= 4 is 18.0 Å². The fraction of sp³-hybridized carbons (Fsp3) is 0.320. The standard InChI is InChI=1S/C25H31N3O4/c1-5-14-31-21-12-10-20(11-13-21)16-26-28-25(30)22(15-18(2)3)27-24(29)17-32-23-9-7-6-8-19(23)4/h5-13,16,18,22H,1,14-15,17H2,2-4H3,(H,27,29)(H,28,30)/b26-16-/t22-/m0/s1. The average molecular weight is 438 g/mol. The van der Waals surface area contributed by atoms with Gasteiger partial charge in [0.15, 0.2) is 6.61 Å². The van der Waals surface area contributed by atoms with Gasteiger partial charge in [-0.25, -0.2) is 5.43 Å². The number of nitrogens with one attached hydrogen (secondary N) is 2. The second kappa shape index (κ2) is 12.9. The average Bonchev–Trinajstić information content (AvgIpc) is 2.77. The first-order valence-electron chi connectivity index (χ1n) is 10.5. The summed E-state index contributed by atoms with van der Waals surface area (Å²) < 4.78 is 11.0. The fourth-order valence-corrected chi connectivity index (χ4v) is 2.85. The van der Waals surface area contributed by atoms with Crippen LogP contribution in [0.4, 0.5) is 0 Å². The molecule has 7 nitrogen and oxygen atoms in total. The van der Waals surface area contributed by atoms with Crippen LogP contribution in [0.25, 0.3) is 0 Å².